The van der Waals surface area contributed by atoms with Crippen LogP contribution in [0.5, 0.6) is 0 Å². The van der Waals surface area contributed by atoms with Gasteiger partial charge in [0.2, 0.25) is 11.7 Å². The van der Waals surface area contributed by atoms with Gasteiger partial charge in [-0.2, -0.15) is 4.98 Å². The predicted molar refractivity (Wildman–Crippen MR) is 100 cm³/mol. The summed E-state index contributed by atoms with van der Waals surface area (Å²) >= 11 is 0. The van der Waals surface area contributed by atoms with Gasteiger partial charge in [-0.3, -0.25) is 4.90 Å². The molecule has 8 heteroatoms. The maximum Gasteiger partial charge on any atom is 0.241 e. The Bertz CT molecular complexity index is 882. The van der Waals surface area contributed by atoms with Gasteiger partial charge in [0.1, 0.15) is 11.6 Å². The fourth-order valence-electron chi connectivity index (χ4n) is 3.15. The number of piperazine rings is 1. The number of hydrogen-bond donors (Lipinski definition) is 0. The molecular weight excluding hydrogens is 344 g/mol. The van der Waals surface area contributed by atoms with E-state index in [4.69, 9.17) is 13.9 Å². The number of aryl methyl sites for hydroxylation is 1. The molecule has 0 atom stereocenters. The van der Waals surface area contributed by atoms with Gasteiger partial charge in [0.15, 0.2) is 5.76 Å². The summed E-state index contributed by atoms with van der Waals surface area (Å²) in [5, 5.41) is 3.99. The minimum atomic E-state index is 0.325. The molecule has 0 aliphatic carbocycles. The molecule has 0 saturated carbocycles. The van der Waals surface area contributed by atoms with E-state index in [2.05, 4.69) is 44.8 Å². The summed E-state index contributed by atoms with van der Waals surface area (Å²) in [5.41, 5.74) is 1.02. The third kappa shape index (κ3) is 4.00. The SMILES string of the molecule is Cc1cc(N2CCN(Cc3nc(-c4ccco4)no3)CC2)nc(C(C)C)n1. The molecule has 0 aromatic carbocycles. The number of furan rings is 1. The van der Waals surface area contributed by atoms with Gasteiger partial charge in [0, 0.05) is 43.9 Å². The zero-order valence-corrected chi connectivity index (χ0v) is 15.9. The second-order valence-electron chi connectivity index (χ2n) is 7.13. The van der Waals surface area contributed by atoms with Crippen LogP contribution in [0.4, 0.5) is 5.82 Å². The Morgan fingerprint density at radius 2 is 1.93 bits per heavy atom. The number of nitrogens with zero attached hydrogens (tertiary/aromatic N) is 6. The molecule has 1 fully saturated rings. The summed E-state index contributed by atoms with van der Waals surface area (Å²) in [4.78, 5) is 18.3. The topological polar surface area (TPSA) is 84.3 Å². The largest absolute Gasteiger partial charge is 0.461 e. The molecule has 0 amide bonds. The quantitative estimate of drug-likeness (QED) is 0.680. The van der Waals surface area contributed by atoms with Gasteiger partial charge >= 0.3 is 0 Å². The smallest absolute Gasteiger partial charge is 0.241 e. The van der Waals surface area contributed by atoms with E-state index in [0.29, 0.717) is 29.9 Å². The zero-order valence-electron chi connectivity index (χ0n) is 15.9. The second kappa shape index (κ2) is 7.48. The van der Waals surface area contributed by atoms with Crippen LogP contribution in [0.15, 0.2) is 33.4 Å². The van der Waals surface area contributed by atoms with Crippen LogP contribution in [-0.4, -0.2) is 51.2 Å². The maximum absolute atomic E-state index is 5.36. The molecule has 3 aromatic rings. The average molecular weight is 368 g/mol. The Balaban J connectivity index is 1.37. The highest BCUT2D eigenvalue weighted by molar-refractivity contribution is 5.44. The van der Waals surface area contributed by atoms with Gasteiger partial charge < -0.3 is 13.8 Å². The van der Waals surface area contributed by atoms with E-state index in [9.17, 15) is 0 Å². The van der Waals surface area contributed by atoms with E-state index in [0.717, 1.165) is 43.5 Å². The molecule has 4 rings (SSSR count). The molecule has 1 saturated heterocycles. The Morgan fingerprint density at radius 1 is 1.11 bits per heavy atom. The molecule has 0 N–H and O–H groups in total. The Labute approximate surface area is 158 Å². The summed E-state index contributed by atoms with van der Waals surface area (Å²) in [6.45, 7) is 10.6. The lowest BCUT2D eigenvalue weighted by atomic mass is 10.2. The molecule has 3 aromatic heterocycles. The van der Waals surface area contributed by atoms with E-state index in [-0.39, 0.29) is 0 Å². The van der Waals surface area contributed by atoms with Crippen molar-refractivity contribution in [1.29, 1.82) is 0 Å². The lowest BCUT2D eigenvalue weighted by molar-refractivity contribution is 0.215. The number of rotatable bonds is 5. The third-order valence-electron chi connectivity index (χ3n) is 4.64. The van der Waals surface area contributed by atoms with Gasteiger partial charge in [-0.05, 0) is 19.1 Å². The molecule has 8 nitrogen and oxygen atoms in total. The van der Waals surface area contributed by atoms with E-state index in [1.54, 1.807) is 6.26 Å². The molecule has 1 aliphatic heterocycles. The van der Waals surface area contributed by atoms with Gasteiger partial charge in [0.25, 0.3) is 0 Å². The number of hydrogen-bond acceptors (Lipinski definition) is 8. The van der Waals surface area contributed by atoms with Gasteiger partial charge in [-0.25, -0.2) is 9.97 Å². The summed E-state index contributed by atoms with van der Waals surface area (Å²) in [6.07, 6.45) is 1.60. The molecule has 27 heavy (non-hydrogen) atoms. The molecule has 0 unspecified atom stereocenters. The predicted octanol–water partition coefficient (Wildman–Crippen LogP) is 2.87. The fraction of sp³-hybridized carbons (Fsp3) is 0.474. The minimum Gasteiger partial charge on any atom is -0.461 e. The summed E-state index contributed by atoms with van der Waals surface area (Å²) in [7, 11) is 0. The fourth-order valence-corrected chi connectivity index (χ4v) is 3.15. The van der Waals surface area contributed by atoms with Crippen molar-refractivity contribution < 1.29 is 8.94 Å². The molecule has 1 aliphatic rings. The first kappa shape index (κ1) is 17.7. The molecule has 0 radical (unpaired) electrons. The van der Waals surface area contributed by atoms with Crippen molar-refractivity contribution in [2.75, 3.05) is 31.1 Å². The van der Waals surface area contributed by atoms with Crippen molar-refractivity contribution >= 4 is 5.82 Å². The normalized spacial score (nSPS) is 15.6. The highest BCUT2D eigenvalue weighted by Crippen LogP contribution is 2.20. The first-order valence-corrected chi connectivity index (χ1v) is 9.28. The minimum absolute atomic E-state index is 0.325. The Kier molecular flexibility index (Phi) is 4.89. The monoisotopic (exact) mass is 368 g/mol. The van der Waals surface area contributed by atoms with Crippen molar-refractivity contribution in [2.24, 2.45) is 0 Å². The molecule has 4 heterocycles. The van der Waals surface area contributed by atoms with Crippen LogP contribution in [0.1, 0.15) is 37.2 Å². The van der Waals surface area contributed by atoms with Crippen LogP contribution < -0.4 is 4.90 Å². The van der Waals surface area contributed by atoms with Crippen LogP contribution in [0.2, 0.25) is 0 Å². The van der Waals surface area contributed by atoms with E-state index in [1.165, 1.54) is 0 Å². The first-order chi connectivity index (χ1) is 13.1. The lowest BCUT2D eigenvalue weighted by Gasteiger charge is -2.34. The Morgan fingerprint density at radius 3 is 2.63 bits per heavy atom. The van der Waals surface area contributed by atoms with E-state index < -0.39 is 0 Å². The van der Waals surface area contributed by atoms with Crippen molar-refractivity contribution in [3.8, 4) is 11.6 Å². The summed E-state index contributed by atoms with van der Waals surface area (Å²) in [5.74, 6) is 3.97. The van der Waals surface area contributed by atoms with Crippen LogP contribution in [0, 0.1) is 6.92 Å². The first-order valence-electron chi connectivity index (χ1n) is 9.28. The highest BCUT2D eigenvalue weighted by atomic mass is 16.5. The third-order valence-corrected chi connectivity index (χ3v) is 4.64. The van der Waals surface area contributed by atoms with Gasteiger partial charge in [0.05, 0.1) is 12.8 Å². The van der Waals surface area contributed by atoms with Crippen LogP contribution in [-0.2, 0) is 6.54 Å². The van der Waals surface area contributed by atoms with Crippen molar-refractivity contribution in [2.45, 2.75) is 33.2 Å². The number of anilines is 1. The molecule has 142 valence electrons. The van der Waals surface area contributed by atoms with Crippen LogP contribution in [0.25, 0.3) is 11.6 Å². The van der Waals surface area contributed by atoms with Gasteiger partial charge in [-0.15, -0.1) is 0 Å². The van der Waals surface area contributed by atoms with Crippen LogP contribution >= 0.6 is 0 Å². The van der Waals surface area contributed by atoms with Crippen molar-refractivity contribution in [1.82, 2.24) is 25.0 Å². The number of aromatic nitrogens is 4. The Hall–Kier alpha value is -2.74. The molecular formula is C19H24N6O2. The average Bonchev–Trinajstić information content (AvgIpc) is 3.33. The van der Waals surface area contributed by atoms with Crippen molar-refractivity contribution in [3.05, 3.63) is 41.9 Å². The molecule has 0 spiro atoms. The summed E-state index contributed by atoms with van der Waals surface area (Å²) in [6, 6.07) is 5.70. The van der Waals surface area contributed by atoms with Crippen LogP contribution in [0.3, 0.4) is 0 Å². The zero-order chi connectivity index (χ0) is 18.8. The highest BCUT2D eigenvalue weighted by Gasteiger charge is 2.21. The lowest BCUT2D eigenvalue weighted by Crippen LogP contribution is -2.46. The maximum atomic E-state index is 5.36. The standard InChI is InChI=1S/C19H24N6O2/c1-13(2)18-20-14(3)11-16(21-18)25-8-6-24(7-9-25)12-17-22-19(23-27-17)15-5-4-10-26-15/h4-5,10-11,13H,6-9,12H2,1-3H3. The van der Waals surface area contributed by atoms with E-state index >= 15 is 0 Å². The van der Waals surface area contributed by atoms with Crippen molar-refractivity contribution in [3.63, 3.8) is 0 Å². The van der Waals surface area contributed by atoms with Gasteiger partial charge in [-0.1, -0.05) is 19.0 Å². The molecule has 0 bridgehead atoms. The van der Waals surface area contributed by atoms with E-state index in [1.807, 2.05) is 19.1 Å². The second-order valence-corrected chi connectivity index (χ2v) is 7.13. The summed E-state index contributed by atoms with van der Waals surface area (Å²) < 4.78 is 10.7.